The fraction of sp³-hybridized carbons (Fsp3) is 0.412. The predicted octanol–water partition coefficient (Wildman–Crippen LogP) is 2.46. The van der Waals surface area contributed by atoms with Gasteiger partial charge in [0.15, 0.2) is 0 Å². The van der Waals surface area contributed by atoms with Crippen LogP contribution in [0.1, 0.15) is 26.7 Å². The minimum atomic E-state index is -1.15. The lowest BCUT2D eigenvalue weighted by Crippen LogP contribution is -2.42. The van der Waals surface area contributed by atoms with Crippen molar-refractivity contribution in [2.45, 2.75) is 31.6 Å². The molecule has 1 aliphatic carbocycles. The first-order valence-electron chi connectivity index (χ1n) is 7.24. The van der Waals surface area contributed by atoms with Gasteiger partial charge < -0.3 is 15.2 Å². The molecule has 2 rings (SSSR count). The van der Waals surface area contributed by atoms with Crippen molar-refractivity contribution in [3.05, 3.63) is 35.4 Å². The van der Waals surface area contributed by atoms with Crippen LogP contribution in [0.5, 0.6) is 0 Å². The van der Waals surface area contributed by atoms with Crippen LogP contribution in [0.25, 0.3) is 0 Å². The van der Waals surface area contributed by atoms with Gasteiger partial charge in [-0.25, -0.2) is 0 Å². The summed E-state index contributed by atoms with van der Waals surface area (Å²) in [5, 5.41) is 14.3. The van der Waals surface area contributed by atoms with Gasteiger partial charge in [-0.15, -0.1) is 11.8 Å². The third-order valence-electron chi connectivity index (χ3n) is 4.27. The molecule has 0 aliphatic heterocycles. The van der Waals surface area contributed by atoms with Gasteiger partial charge in [-0.2, -0.15) is 0 Å². The predicted molar refractivity (Wildman–Crippen MR) is 86.4 cm³/mol. The van der Waals surface area contributed by atoms with E-state index in [0.29, 0.717) is 12.8 Å². The third kappa shape index (κ3) is 3.53. The van der Waals surface area contributed by atoms with E-state index >= 15 is 0 Å². The molecule has 0 saturated heterocycles. The molecule has 0 spiro atoms. The van der Waals surface area contributed by atoms with Gasteiger partial charge in [-0.05, 0) is 45.1 Å². The summed E-state index contributed by atoms with van der Waals surface area (Å²) in [6.07, 6.45) is 2.79. The zero-order chi connectivity index (χ0) is 16.3. The Morgan fingerprint density at radius 2 is 1.73 bits per heavy atom. The van der Waals surface area contributed by atoms with Crippen LogP contribution in [-0.2, 0) is 9.59 Å². The molecule has 0 aromatic heterocycles. The number of thioether (sulfide) groups is 1. The molecule has 0 radical (unpaired) electrons. The average Bonchev–Trinajstić information content (AvgIpc) is 2.49. The van der Waals surface area contributed by atoms with Gasteiger partial charge in [0.05, 0.1) is 11.6 Å². The van der Waals surface area contributed by atoms with Gasteiger partial charge in [0.1, 0.15) is 0 Å². The Kier molecular flexibility index (Phi) is 5.29. The van der Waals surface area contributed by atoms with Crippen LogP contribution in [0.4, 0.5) is 5.69 Å². The molecular formula is C17H20NO3S-. The molecule has 0 heterocycles. The molecule has 0 fully saturated rings. The van der Waals surface area contributed by atoms with E-state index in [1.165, 1.54) is 11.8 Å². The van der Waals surface area contributed by atoms with Crippen LogP contribution < -0.4 is 10.4 Å². The Morgan fingerprint density at radius 1 is 1.14 bits per heavy atom. The third-order valence-corrected chi connectivity index (χ3v) is 5.07. The first-order valence-corrected chi connectivity index (χ1v) is 8.46. The van der Waals surface area contributed by atoms with Crippen molar-refractivity contribution in [1.29, 1.82) is 0 Å². The first kappa shape index (κ1) is 16.6. The number of para-hydroxylation sites is 1. The maximum atomic E-state index is 12.6. The van der Waals surface area contributed by atoms with Crippen molar-refractivity contribution in [2.75, 3.05) is 11.6 Å². The summed E-state index contributed by atoms with van der Waals surface area (Å²) < 4.78 is 0. The van der Waals surface area contributed by atoms with E-state index in [1.807, 2.05) is 44.4 Å². The van der Waals surface area contributed by atoms with Gasteiger partial charge >= 0.3 is 0 Å². The molecule has 0 unspecified atom stereocenters. The Balaban J connectivity index is 2.22. The number of amides is 1. The molecule has 2 atom stereocenters. The van der Waals surface area contributed by atoms with Crippen LogP contribution in [0.15, 0.2) is 40.3 Å². The normalized spacial score (nSPS) is 21.6. The molecule has 118 valence electrons. The Bertz CT molecular complexity index is 624. The fourth-order valence-corrected chi connectivity index (χ4v) is 3.34. The topological polar surface area (TPSA) is 69.2 Å². The van der Waals surface area contributed by atoms with E-state index in [1.54, 1.807) is 0 Å². The molecule has 0 saturated carbocycles. The van der Waals surface area contributed by atoms with Gasteiger partial charge in [-0.1, -0.05) is 23.3 Å². The smallest absolute Gasteiger partial charge is 0.228 e. The van der Waals surface area contributed by atoms with Crippen LogP contribution in [-0.4, -0.2) is 18.1 Å². The summed E-state index contributed by atoms with van der Waals surface area (Å²) in [6.45, 7) is 3.87. The lowest BCUT2D eigenvalue weighted by Gasteiger charge is -2.32. The van der Waals surface area contributed by atoms with E-state index in [9.17, 15) is 14.7 Å². The SMILES string of the molecule is CSc1ccccc1NC(=O)[C@@H]1CC(C)=C(C)C[C@@H]1C(=O)[O-]. The number of carbonyl (C=O) groups is 2. The molecule has 1 aliphatic rings. The number of carboxylic acids is 1. The van der Waals surface area contributed by atoms with Crippen molar-refractivity contribution in [2.24, 2.45) is 11.8 Å². The number of rotatable bonds is 4. The number of anilines is 1. The van der Waals surface area contributed by atoms with Crippen molar-refractivity contribution in [3.8, 4) is 0 Å². The van der Waals surface area contributed by atoms with E-state index in [4.69, 9.17) is 0 Å². The number of aliphatic carboxylic acids is 1. The molecule has 0 bridgehead atoms. The molecule has 1 N–H and O–H groups in total. The van der Waals surface area contributed by atoms with Crippen LogP contribution in [0, 0.1) is 11.8 Å². The Hall–Kier alpha value is -1.75. The van der Waals surface area contributed by atoms with Crippen molar-refractivity contribution >= 4 is 29.3 Å². The summed E-state index contributed by atoms with van der Waals surface area (Å²) in [5.74, 6) is -2.73. The lowest BCUT2D eigenvalue weighted by molar-refractivity contribution is -0.313. The molecular weight excluding hydrogens is 298 g/mol. The maximum Gasteiger partial charge on any atom is 0.228 e. The highest BCUT2D eigenvalue weighted by Gasteiger charge is 2.33. The van der Waals surface area contributed by atoms with Gasteiger partial charge in [0.25, 0.3) is 0 Å². The maximum absolute atomic E-state index is 12.6. The minimum Gasteiger partial charge on any atom is -0.550 e. The zero-order valence-electron chi connectivity index (χ0n) is 13.0. The summed E-state index contributed by atoms with van der Waals surface area (Å²) in [5.41, 5.74) is 2.86. The van der Waals surface area contributed by atoms with E-state index < -0.39 is 17.8 Å². The summed E-state index contributed by atoms with van der Waals surface area (Å²) in [4.78, 5) is 24.9. The molecule has 1 aromatic carbocycles. The van der Waals surface area contributed by atoms with Crippen molar-refractivity contribution < 1.29 is 14.7 Å². The average molecular weight is 318 g/mol. The largest absolute Gasteiger partial charge is 0.550 e. The van der Waals surface area contributed by atoms with Crippen molar-refractivity contribution in [1.82, 2.24) is 0 Å². The molecule has 4 nitrogen and oxygen atoms in total. The fourth-order valence-electron chi connectivity index (χ4n) is 2.79. The van der Waals surface area contributed by atoms with Crippen LogP contribution in [0.3, 0.4) is 0 Å². The standard InChI is InChI=1S/C17H21NO3S/c1-10-8-12(13(17(20)21)9-11(10)2)16(19)18-14-6-4-5-7-15(14)22-3/h4-7,12-13H,8-9H2,1-3H3,(H,18,19)(H,20,21)/p-1/t12-,13+/m1/s1. The second kappa shape index (κ2) is 7.01. The van der Waals surface area contributed by atoms with Gasteiger partial charge in [0, 0.05) is 16.8 Å². The van der Waals surface area contributed by atoms with E-state index in [-0.39, 0.29) is 5.91 Å². The highest BCUT2D eigenvalue weighted by atomic mass is 32.2. The quantitative estimate of drug-likeness (QED) is 0.684. The van der Waals surface area contributed by atoms with Crippen LogP contribution in [0.2, 0.25) is 0 Å². The molecule has 5 heteroatoms. The van der Waals surface area contributed by atoms with Crippen LogP contribution >= 0.6 is 11.8 Å². The number of hydrogen-bond donors (Lipinski definition) is 1. The van der Waals surface area contributed by atoms with E-state index in [0.717, 1.165) is 21.7 Å². The number of carbonyl (C=O) groups excluding carboxylic acids is 2. The monoisotopic (exact) mass is 318 g/mol. The van der Waals surface area contributed by atoms with Gasteiger partial charge in [-0.3, -0.25) is 4.79 Å². The van der Waals surface area contributed by atoms with Crippen molar-refractivity contribution in [3.63, 3.8) is 0 Å². The highest BCUT2D eigenvalue weighted by Crippen LogP contribution is 2.35. The molecule has 22 heavy (non-hydrogen) atoms. The summed E-state index contributed by atoms with van der Waals surface area (Å²) in [6, 6.07) is 7.51. The Morgan fingerprint density at radius 3 is 2.32 bits per heavy atom. The summed E-state index contributed by atoms with van der Waals surface area (Å²) >= 11 is 1.54. The molecule has 1 amide bonds. The Labute approximate surface area is 135 Å². The zero-order valence-corrected chi connectivity index (χ0v) is 13.8. The first-order chi connectivity index (χ1) is 10.4. The van der Waals surface area contributed by atoms with Gasteiger partial charge in [0.2, 0.25) is 5.91 Å². The number of allylic oxidation sites excluding steroid dienone is 2. The second-order valence-electron chi connectivity index (χ2n) is 5.69. The lowest BCUT2D eigenvalue weighted by atomic mass is 9.76. The highest BCUT2D eigenvalue weighted by molar-refractivity contribution is 7.98. The number of hydrogen-bond acceptors (Lipinski definition) is 4. The number of nitrogens with one attached hydrogen (secondary N) is 1. The second-order valence-corrected chi connectivity index (χ2v) is 6.54. The minimum absolute atomic E-state index is 0.248. The molecule has 1 aromatic rings. The summed E-state index contributed by atoms with van der Waals surface area (Å²) in [7, 11) is 0. The number of carboxylic acid groups (broad SMARTS) is 1. The number of benzene rings is 1. The van der Waals surface area contributed by atoms with E-state index in [2.05, 4.69) is 5.32 Å².